The number of halogens is 1. The van der Waals surface area contributed by atoms with Crippen LogP contribution in [0.4, 0.5) is 4.39 Å². The number of aliphatic hydroxyl groups is 1. The van der Waals surface area contributed by atoms with Crippen LogP contribution in [0.1, 0.15) is 37.1 Å². The van der Waals surface area contributed by atoms with Crippen LogP contribution in [0.5, 0.6) is 5.75 Å². The molecule has 4 nitrogen and oxygen atoms in total. The minimum Gasteiger partial charge on any atom is -0.496 e. The molecule has 1 saturated heterocycles. The van der Waals surface area contributed by atoms with Crippen molar-refractivity contribution >= 4 is 0 Å². The molecular weight excluding hydrogens is 261 g/mol. The van der Waals surface area contributed by atoms with Gasteiger partial charge in [-0.2, -0.15) is 0 Å². The van der Waals surface area contributed by atoms with Crippen molar-refractivity contribution in [1.29, 1.82) is 0 Å². The second kappa shape index (κ2) is 6.52. The minimum atomic E-state index is -0.964. The zero-order valence-electron chi connectivity index (χ0n) is 12.2. The third-order valence-electron chi connectivity index (χ3n) is 3.64. The molecule has 1 aliphatic heterocycles. The lowest BCUT2D eigenvalue weighted by Crippen LogP contribution is -2.39. The van der Waals surface area contributed by atoms with Gasteiger partial charge in [-0.05, 0) is 23.6 Å². The number of methoxy groups -OCH3 is 1. The SMILES string of the molecule is COc1cc(C(O)N2CCOCC2)c(F)cc1C(C)C. The summed E-state index contributed by atoms with van der Waals surface area (Å²) in [5.41, 5.74) is 1.07. The predicted molar refractivity (Wildman–Crippen MR) is 74.4 cm³/mol. The van der Waals surface area contributed by atoms with E-state index in [1.54, 1.807) is 18.1 Å². The standard InChI is InChI=1S/C15H22FNO3/c1-10(2)11-8-13(16)12(9-14(11)19-3)15(18)17-4-6-20-7-5-17/h8-10,15,18H,4-7H2,1-3H3. The van der Waals surface area contributed by atoms with Gasteiger partial charge in [0.25, 0.3) is 0 Å². The highest BCUT2D eigenvalue weighted by molar-refractivity contribution is 5.41. The van der Waals surface area contributed by atoms with E-state index < -0.39 is 12.0 Å². The molecule has 0 spiro atoms. The molecule has 1 unspecified atom stereocenters. The molecule has 2 rings (SSSR count). The van der Waals surface area contributed by atoms with Gasteiger partial charge in [-0.15, -0.1) is 0 Å². The van der Waals surface area contributed by atoms with Crippen LogP contribution < -0.4 is 4.74 Å². The first-order valence-corrected chi connectivity index (χ1v) is 6.91. The summed E-state index contributed by atoms with van der Waals surface area (Å²) in [6, 6.07) is 3.06. The summed E-state index contributed by atoms with van der Waals surface area (Å²) in [7, 11) is 1.56. The number of nitrogens with zero attached hydrogens (tertiary/aromatic N) is 1. The quantitative estimate of drug-likeness (QED) is 0.920. The lowest BCUT2D eigenvalue weighted by atomic mass is 9.99. The Hall–Kier alpha value is -1.17. The molecule has 0 aromatic heterocycles. The van der Waals surface area contributed by atoms with Crippen molar-refractivity contribution in [3.63, 3.8) is 0 Å². The summed E-state index contributed by atoms with van der Waals surface area (Å²) >= 11 is 0. The third-order valence-corrected chi connectivity index (χ3v) is 3.64. The molecular formula is C15H22FNO3. The summed E-state index contributed by atoms with van der Waals surface area (Å²) < 4.78 is 24.8. The Morgan fingerprint density at radius 2 is 1.90 bits per heavy atom. The fourth-order valence-corrected chi connectivity index (χ4v) is 2.43. The van der Waals surface area contributed by atoms with Crippen molar-refractivity contribution in [3.05, 3.63) is 29.1 Å². The van der Waals surface area contributed by atoms with Gasteiger partial charge in [0.2, 0.25) is 0 Å². The monoisotopic (exact) mass is 283 g/mol. The van der Waals surface area contributed by atoms with E-state index in [-0.39, 0.29) is 11.5 Å². The molecule has 1 aliphatic rings. The highest BCUT2D eigenvalue weighted by atomic mass is 19.1. The third kappa shape index (κ3) is 3.11. The molecule has 0 amide bonds. The van der Waals surface area contributed by atoms with Gasteiger partial charge in [0.05, 0.1) is 20.3 Å². The average molecular weight is 283 g/mol. The number of benzene rings is 1. The van der Waals surface area contributed by atoms with Crippen LogP contribution in [-0.4, -0.2) is 43.4 Å². The Bertz CT molecular complexity index is 459. The van der Waals surface area contributed by atoms with Crippen molar-refractivity contribution in [3.8, 4) is 5.75 Å². The molecule has 1 fully saturated rings. The smallest absolute Gasteiger partial charge is 0.136 e. The first-order chi connectivity index (χ1) is 9.54. The number of rotatable bonds is 4. The second-order valence-electron chi connectivity index (χ2n) is 5.29. The molecule has 0 aliphatic carbocycles. The van der Waals surface area contributed by atoms with Crippen molar-refractivity contribution in [2.45, 2.75) is 26.0 Å². The van der Waals surface area contributed by atoms with Crippen molar-refractivity contribution in [1.82, 2.24) is 4.90 Å². The lowest BCUT2D eigenvalue weighted by Gasteiger charge is -2.31. The molecule has 0 radical (unpaired) electrons. The van der Waals surface area contributed by atoms with E-state index in [2.05, 4.69) is 0 Å². The molecule has 1 N–H and O–H groups in total. The van der Waals surface area contributed by atoms with Crippen LogP contribution in [-0.2, 0) is 4.74 Å². The van der Waals surface area contributed by atoms with Crippen molar-refractivity contribution in [2.24, 2.45) is 0 Å². The van der Waals surface area contributed by atoms with Crippen molar-refractivity contribution < 1.29 is 19.0 Å². The Morgan fingerprint density at radius 3 is 2.45 bits per heavy atom. The maximum Gasteiger partial charge on any atom is 0.136 e. The van der Waals surface area contributed by atoms with Gasteiger partial charge in [-0.25, -0.2) is 4.39 Å². The Balaban J connectivity index is 2.31. The molecule has 0 saturated carbocycles. The van der Waals surface area contributed by atoms with Crippen LogP contribution in [0.15, 0.2) is 12.1 Å². The molecule has 1 aromatic rings. The zero-order valence-corrected chi connectivity index (χ0v) is 12.2. The van der Waals surface area contributed by atoms with Crippen LogP contribution in [0.3, 0.4) is 0 Å². The van der Waals surface area contributed by atoms with E-state index in [4.69, 9.17) is 9.47 Å². The molecule has 1 heterocycles. The lowest BCUT2D eigenvalue weighted by molar-refractivity contribution is -0.0618. The minimum absolute atomic E-state index is 0.161. The largest absolute Gasteiger partial charge is 0.496 e. The van der Waals surface area contributed by atoms with Gasteiger partial charge < -0.3 is 14.6 Å². The van der Waals surface area contributed by atoms with Gasteiger partial charge in [-0.1, -0.05) is 13.8 Å². The number of hydrogen-bond donors (Lipinski definition) is 1. The van der Waals surface area contributed by atoms with Crippen LogP contribution >= 0.6 is 0 Å². The van der Waals surface area contributed by atoms with Crippen LogP contribution in [0.2, 0.25) is 0 Å². The van der Waals surface area contributed by atoms with E-state index in [0.717, 1.165) is 5.56 Å². The van der Waals surface area contributed by atoms with E-state index in [1.807, 2.05) is 13.8 Å². The topological polar surface area (TPSA) is 41.9 Å². The first-order valence-electron chi connectivity index (χ1n) is 6.91. The highest BCUT2D eigenvalue weighted by Gasteiger charge is 2.24. The van der Waals surface area contributed by atoms with Crippen LogP contribution in [0.25, 0.3) is 0 Å². The number of ether oxygens (including phenoxy) is 2. The van der Waals surface area contributed by atoms with E-state index in [0.29, 0.717) is 32.1 Å². The maximum atomic E-state index is 14.3. The second-order valence-corrected chi connectivity index (χ2v) is 5.29. The van der Waals surface area contributed by atoms with Crippen LogP contribution in [0, 0.1) is 5.82 Å². The first kappa shape index (κ1) is 15.2. The Morgan fingerprint density at radius 1 is 1.25 bits per heavy atom. The summed E-state index contributed by atoms with van der Waals surface area (Å²) in [5, 5.41) is 10.4. The summed E-state index contributed by atoms with van der Waals surface area (Å²) in [6.45, 7) is 6.26. The van der Waals surface area contributed by atoms with Gasteiger partial charge in [-0.3, -0.25) is 4.90 Å². The van der Waals surface area contributed by atoms with E-state index in [1.165, 1.54) is 6.07 Å². The van der Waals surface area contributed by atoms with Crippen molar-refractivity contribution in [2.75, 3.05) is 33.4 Å². The van der Waals surface area contributed by atoms with Gasteiger partial charge >= 0.3 is 0 Å². The fraction of sp³-hybridized carbons (Fsp3) is 0.600. The molecule has 20 heavy (non-hydrogen) atoms. The predicted octanol–water partition coefficient (Wildman–Crippen LogP) is 2.28. The number of hydrogen-bond acceptors (Lipinski definition) is 4. The maximum absolute atomic E-state index is 14.3. The Labute approximate surface area is 119 Å². The normalized spacial score (nSPS) is 18.3. The summed E-state index contributed by atoms with van der Waals surface area (Å²) in [5.74, 6) is 0.381. The van der Waals surface area contributed by atoms with E-state index in [9.17, 15) is 9.50 Å². The Kier molecular flexibility index (Phi) is 4.96. The van der Waals surface area contributed by atoms with E-state index >= 15 is 0 Å². The average Bonchev–Trinajstić information content (AvgIpc) is 2.47. The van der Waals surface area contributed by atoms with Gasteiger partial charge in [0.1, 0.15) is 17.8 Å². The molecule has 5 heteroatoms. The molecule has 1 atom stereocenters. The summed E-state index contributed by atoms with van der Waals surface area (Å²) in [6.07, 6.45) is -0.964. The highest BCUT2D eigenvalue weighted by Crippen LogP contribution is 2.32. The zero-order chi connectivity index (χ0) is 14.7. The number of aliphatic hydroxyl groups excluding tert-OH is 1. The summed E-state index contributed by atoms with van der Waals surface area (Å²) in [4.78, 5) is 1.80. The van der Waals surface area contributed by atoms with Gasteiger partial charge in [0, 0.05) is 18.7 Å². The van der Waals surface area contributed by atoms with Gasteiger partial charge in [0.15, 0.2) is 0 Å². The molecule has 1 aromatic carbocycles. The molecule has 0 bridgehead atoms. The fourth-order valence-electron chi connectivity index (χ4n) is 2.43. The number of morpholine rings is 1. The molecule has 112 valence electrons.